The van der Waals surface area contributed by atoms with Crippen molar-refractivity contribution >= 4 is 17.5 Å². The van der Waals surface area contributed by atoms with Gasteiger partial charge in [-0.25, -0.2) is 8.78 Å². The highest BCUT2D eigenvalue weighted by Crippen LogP contribution is 2.20. The maximum atomic E-state index is 13.1. The SMILES string of the molecule is Cc1cccc(CNC(=O)c2cc(F)c(F)cc2Cl)c1. The van der Waals surface area contributed by atoms with Crippen LogP contribution in [-0.4, -0.2) is 5.91 Å². The summed E-state index contributed by atoms with van der Waals surface area (Å²) in [5.41, 5.74) is 1.90. The fraction of sp³-hybridized carbons (Fsp3) is 0.133. The summed E-state index contributed by atoms with van der Waals surface area (Å²) in [5.74, 6) is -2.73. The van der Waals surface area contributed by atoms with Crippen LogP contribution in [-0.2, 0) is 6.54 Å². The van der Waals surface area contributed by atoms with Crippen LogP contribution in [0.2, 0.25) is 5.02 Å². The quantitative estimate of drug-likeness (QED) is 0.856. The Labute approximate surface area is 120 Å². The Morgan fingerprint density at radius 2 is 1.90 bits per heavy atom. The molecule has 5 heteroatoms. The highest BCUT2D eigenvalue weighted by atomic mass is 35.5. The van der Waals surface area contributed by atoms with E-state index in [9.17, 15) is 13.6 Å². The van der Waals surface area contributed by atoms with Gasteiger partial charge in [0, 0.05) is 6.54 Å². The minimum atomic E-state index is -1.10. The second-order valence-corrected chi connectivity index (χ2v) is 4.83. The molecule has 0 radical (unpaired) electrons. The number of carbonyl (C=O) groups excluding carboxylic acids is 1. The van der Waals surface area contributed by atoms with Crippen molar-refractivity contribution in [3.8, 4) is 0 Å². The van der Waals surface area contributed by atoms with Crippen molar-refractivity contribution in [2.45, 2.75) is 13.5 Å². The molecule has 0 aliphatic heterocycles. The third kappa shape index (κ3) is 3.33. The zero-order valence-electron chi connectivity index (χ0n) is 10.7. The van der Waals surface area contributed by atoms with Gasteiger partial charge in [-0.15, -0.1) is 0 Å². The molecule has 0 saturated heterocycles. The Hall–Kier alpha value is -1.94. The first-order valence-corrected chi connectivity index (χ1v) is 6.33. The molecule has 0 aromatic heterocycles. The van der Waals surface area contributed by atoms with Crippen LogP contribution in [0.25, 0.3) is 0 Å². The van der Waals surface area contributed by atoms with Crippen molar-refractivity contribution in [2.75, 3.05) is 0 Å². The van der Waals surface area contributed by atoms with Gasteiger partial charge in [-0.1, -0.05) is 41.4 Å². The number of carbonyl (C=O) groups is 1. The predicted octanol–water partition coefficient (Wildman–Crippen LogP) is 3.86. The van der Waals surface area contributed by atoms with Gasteiger partial charge in [-0.2, -0.15) is 0 Å². The van der Waals surface area contributed by atoms with Crippen molar-refractivity contribution in [1.29, 1.82) is 0 Å². The number of benzene rings is 2. The summed E-state index contributed by atoms with van der Waals surface area (Å²) in [6.07, 6.45) is 0. The fourth-order valence-electron chi connectivity index (χ4n) is 1.80. The van der Waals surface area contributed by atoms with E-state index in [1.54, 1.807) is 0 Å². The number of aryl methyl sites for hydroxylation is 1. The molecule has 0 bridgehead atoms. The maximum Gasteiger partial charge on any atom is 0.253 e. The van der Waals surface area contributed by atoms with Gasteiger partial charge < -0.3 is 5.32 Å². The number of hydrogen-bond acceptors (Lipinski definition) is 1. The zero-order valence-corrected chi connectivity index (χ0v) is 11.5. The predicted molar refractivity (Wildman–Crippen MR) is 73.7 cm³/mol. The van der Waals surface area contributed by atoms with Gasteiger partial charge in [0.15, 0.2) is 11.6 Å². The van der Waals surface area contributed by atoms with Crippen molar-refractivity contribution < 1.29 is 13.6 Å². The average Bonchev–Trinajstić information content (AvgIpc) is 2.40. The second-order valence-electron chi connectivity index (χ2n) is 4.42. The molecule has 0 fully saturated rings. The van der Waals surface area contributed by atoms with Gasteiger partial charge in [0.1, 0.15) is 0 Å². The molecule has 20 heavy (non-hydrogen) atoms. The van der Waals surface area contributed by atoms with E-state index in [0.29, 0.717) is 0 Å². The number of nitrogens with one attached hydrogen (secondary N) is 1. The molecule has 0 heterocycles. The molecular weight excluding hydrogens is 284 g/mol. The number of amides is 1. The molecule has 0 unspecified atom stereocenters. The first-order chi connectivity index (χ1) is 9.47. The third-order valence-corrected chi connectivity index (χ3v) is 3.10. The Morgan fingerprint density at radius 3 is 2.60 bits per heavy atom. The van der Waals surface area contributed by atoms with Crippen LogP contribution in [0.15, 0.2) is 36.4 Å². The largest absolute Gasteiger partial charge is 0.348 e. The van der Waals surface area contributed by atoms with Gasteiger partial charge in [-0.05, 0) is 24.6 Å². The first kappa shape index (κ1) is 14.5. The van der Waals surface area contributed by atoms with Gasteiger partial charge in [0.05, 0.1) is 10.6 Å². The molecule has 0 aliphatic rings. The van der Waals surface area contributed by atoms with Crippen LogP contribution in [0.5, 0.6) is 0 Å². The summed E-state index contributed by atoms with van der Waals surface area (Å²) in [6.45, 7) is 2.23. The second kappa shape index (κ2) is 6.01. The van der Waals surface area contributed by atoms with Crippen LogP contribution >= 0.6 is 11.6 Å². The third-order valence-electron chi connectivity index (χ3n) is 2.79. The van der Waals surface area contributed by atoms with Crippen LogP contribution in [0, 0.1) is 18.6 Å². The minimum absolute atomic E-state index is 0.0850. The molecule has 2 aromatic rings. The molecule has 1 N–H and O–H groups in total. The monoisotopic (exact) mass is 295 g/mol. The molecule has 0 saturated carbocycles. The number of halogens is 3. The van der Waals surface area contributed by atoms with Crippen molar-refractivity contribution in [3.05, 3.63) is 69.7 Å². The topological polar surface area (TPSA) is 29.1 Å². The summed E-state index contributed by atoms with van der Waals surface area (Å²) in [7, 11) is 0. The first-order valence-electron chi connectivity index (χ1n) is 5.95. The molecule has 0 atom stereocenters. The Morgan fingerprint density at radius 1 is 1.20 bits per heavy atom. The van der Waals surface area contributed by atoms with Crippen LogP contribution < -0.4 is 5.32 Å². The van der Waals surface area contributed by atoms with E-state index in [2.05, 4.69) is 5.32 Å². The molecule has 2 nitrogen and oxygen atoms in total. The van der Waals surface area contributed by atoms with Crippen LogP contribution in [0.3, 0.4) is 0 Å². The lowest BCUT2D eigenvalue weighted by Crippen LogP contribution is -2.23. The standard InChI is InChI=1S/C15H12ClF2NO/c1-9-3-2-4-10(5-9)8-19-15(20)11-6-13(17)14(18)7-12(11)16/h2-7H,8H2,1H3,(H,19,20). The Bertz CT molecular complexity index is 658. The fourth-order valence-corrected chi connectivity index (χ4v) is 2.03. The van der Waals surface area contributed by atoms with Crippen molar-refractivity contribution in [1.82, 2.24) is 5.32 Å². The normalized spacial score (nSPS) is 10.4. The van der Waals surface area contributed by atoms with E-state index in [4.69, 9.17) is 11.6 Å². The van der Waals surface area contributed by atoms with Gasteiger partial charge >= 0.3 is 0 Å². The Balaban J connectivity index is 2.11. The van der Waals surface area contributed by atoms with E-state index in [0.717, 1.165) is 23.3 Å². The number of rotatable bonds is 3. The summed E-state index contributed by atoms with van der Waals surface area (Å²) in [5, 5.41) is 2.50. The molecule has 0 spiro atoms. The lowest BCUT2D eigenvalue weighted by atomic mass is 10.1. The highest BCUT2D eigenvalue weighted by molar-refractivity contribution is 6.33. The van der Waals surface area contributed by atoms with E-state index >= 15 is 0 Å². The smallest absolute Gasteiger partial charge is 0.253 e. The van der Waals surface area contributed by atoms with E-state index in [1.165, 1.54) is 0 Å². The summed E-state index contributed by atoms with van der Waals surface area (Å²) >= 11 is 5.74. The van der Waals surface area contributed by atoms with Gasteiger partial charge in [0.25, 0.3) is 5.91 Å². The lowest BCUT2D eigenvalue weighted by Gasteiger charge is -2.08. The van der Waals surface area contributed by atoms with E-state index in [1.807, 2.05) is 31.2 Å². The van der Waals surface area contributed by atoms with Gasteiger partial charge in [0.2, 0.25) is 0 Å². The Kier molecular flexibility index (Phi) is 4.35. The van der Waals surface area contributed by atoms with Gasteiger partial charge in [-0.3, -0.25) is 4.79 Å². The molecule has 0 aliphatic carbocycles. The highest BCUT2D eigenvalue weighted by Gasteiger charge is 2.14. The molecular formula is C15H12ClF2NO. The molecule has 2 rings (SSSR count). The van der Waals surface area contributed by atoms with Crippen LogP contribution in [0.4, 0.5) is 8.78 Å². The minimum Gasteiger partial charge on any atom is -0.348 e. The van der Waals surface area contributed by atoms with Crippen LogP contribution in [0.1, 0.15) is 21.5 Å². The zero-order chi connectivity index (χ0) is 14.7. The summed E-state index contributed by atoms with van der Waals surface area (Å²) < 4.78 is 26.0. The maximum absolute atomic E-state index is 13.1. The van der Waals surface area contributed by atoms with E-state index < -0.39 is 17.5 Å². The van der Waals surface area contributed by atoms with Crippen molar-refractivity contribution in [2.24, 2.45) is 0 Å². The average molecular weight is 296 g/mol. The summed E-state index contributed by atoms with van der Waals surface area (Å²) in [6, 6.07) is 9.19. The van der Waals surface area contributed by atoms with Crippen molar-refractivity contribution in [3.63, 3.8) is 0 Å². The number of hydrogen-bond donors (Lipinski definition) is 1. The summed E-state index contributed by atoms with van der Waals surface area (Å²) in [4.78, 5) is 11.9. The molecule has 2 aromatic carbocycles. The molecule has 1 amide bonds. The molecule has 104 valence electrons. The van der Waals surface area contributed by atoms with E-state index in [-0.39, 0.29) is 17.1 Å². The lowest BCUT2D eigenvalue weighted by molar-refractivity contribution is 0.0950.